The van der Waals surface area contributed by atoms with E-state index in [-0.39, 0.29) is 0 Å². The molecule has 0 aromatic carbocycles. The maximum absolute atomic E-state index is 10.2. The zero-order chi connectivity index (χ0) is 9.82. The minimum absolute atomic E-state index is 0.324. The third-order valence-corrected chi connectivity index (χ3v) is 1.65. The highest BCUT2D eigenvalue weighted by Crippen LogP contribution is 2.08. The minimum Gasteiger partial charge on any atom is -0.323 e. The van der Waals surface area contributed by atoms with Crippen molar-refractivity contribution < 1.29 is 4.79 Å². The highest BCUT2D eigenvalue weighted by atomic mass is 16.1. The summed E-state index contributed by atoms with van der Waals surface area (Å²) in [5.41, 5.74) is 0. The Hall–Kier alpha value is -0.370. The summed E-state index contributed by atoms with van der Waals surface area (Å²) in [6.07, 6.45) is 5.55. The van der Waals surface area contributed by atoms with Gasteiger partial charge in [-0.2, -0.15) is 0 Å². The van der Waals surface area contributed by atoms with Crippen LogP contribution in [0, 0.1) is 5.92 Å². The van der Waals surface area contributed by atoms with Crippen molar-refractivity contribution in [2.24, 2.45) is 5.92 Å². The van der Waals surface area contributed by atoms with Crippen LogP contribution >= 0.6 is 0 Å². The molecule has 12 heavy (non-hydrogen) atoms. The highest BCUT2D eigenvalue weighted by molar-refractivity contribution is 5.53. The molecule has 0 fully saturated rings. The Morgan fingerprint density at radius 3 is 2.08 bits per heavy atom. The molecule has 1 atom stereocenters. The van der Waals surface area contributed by atoms with Gasteiger partial charge in [-0.15, -0.1) is 0 Å². The molecule has 0 spiro atoms. The lowest BCUT2D eigenvalue weighted by Gasteiger charge is -2.03. The molecule has 0 amide bonds. The fraction of sp³-hybridized carbons (Fsp3) is 0.900. The number of hydrogen-bond acceptors (Lipinski definition) is 2. The quantitative estimate of drug-likeness (QED) is 0.646. The maximum Gasteiger partial charge on any atom is 0.123 e. The molecule has 0 saturated carbocycles. The van der Waals surface area contributed by atoms with Crippen molar-refractivity contribution in [3.8, 4) is 0 Å². The van der Waals surface area contributed by atoms with Crippen LogP contribution in [0.3, 0.4) is 0 Å². The van der Waals surface area contributed by atoms with Gasteiger partial charge in [0.1, 0.15) is 6.29 Å². The zero-order valence-corrected chi connectivity index (χ0v) is 8.89. The second kappa shape index (κ2) is 13.2. The molecule has 0 aromatic heterocycles. The predicted molar refractivity (Wildman–Crippen MR) is 54.4 cm³/mol. The van der Waals surface area contributed by atoms with Gasteiger partial charge < -0.3 is 10.1 Å². The summed E-state index contributed by atoms with van der Waals surface area (Å²) in [5.74, 6) is 0.324. The van der Waals surface area contributed by atoms with E-state index in [0.29, 0.717) is 5.92 Å². The van der Waals surface area contributed by atoms with E-state index in [1.165, 1.54) is 12.8 Å². The van der Waals surface area contributed by atoms with Crippen molar-refractivity contribution in [1.82, 2.24) is 5.32 Å². The summed E-state index contributed by atoms with van der Waals surface area (Å²) in [7, 11) is 3.75. The Kier molecular flexibility index (Phi) is 15.6. The smallest absolute Gasteiger partial charge is 0.123 e. The maximum atomic E-state index is 10.2. The Balaban J connectivity index is 0. The molecule has 1 N–H and O–H groups in total. The van der Waals surface area contributed by atoms with Crippen LogP contribution in [0.1, 0.15) is 39.5 Å². The number of nitrogens with one attached hydrogen (secondary N) is 1. The summed E-state index contributed by atoms with van der Waals surface area (Å²) in [4.78, 5) is 10.2. The Morgan fingerprint density at radius 1 is 1.33 bits per heavy atom. The molecule has 0 radical (unpaired) electrons. The van der Waals surface area contributed by atoms with Gasteiger partial charge in [0.15, 0.2) is 0 Å². The van der Waals surface area contributed by atoms with Gasteiger partial charge in [0, 0.05) is 5.92 Å². The number of rotatable bonds is 5. The normalized spacial score (nSPS) is 11.3. The third kappa shape index (κ3) is 12.3. The van der Waals surface area contributed by atoms with E-state index < -0.39 is 0 Å². The van der Waals surface area contributed by atoms with Gasteiger partial charge in [-0.3, -0.25) is 0 Å². The summed E-state index contributed by atoms with van der Waals surface area (Å²) < 4.78 is 0. The molecular formula is C10H23NO. The Morgan fingerprint density at radius 2 is 1.83 bits per heavy atom. The number of aldehydes is 1. The molecule has 0 aromatic rings. The molecule has 2 heteroatoms. The Labute approximate surface area is 76.7 Å². The van der Waals surface area contributed by atoms with E-state index in [9.17, 15) is 4.79 Å². The fourth-order valence-corrected chi connectivity index (χ4v) is 0.835. The summed E-state index contributed by atoms with van der Waals surface area (Å²) in [6, 6.07) is 0. The standard InChI is InChI=1S/C8H16O.C2H7N/c1-3-5-6-8(4-2)7-9;1-3-2/h7-8H,3-6H2,1-2H3;3H,1-2H3. The highest BCUT2D eigenvalue weighted by Gasteiger charge is 2.01. The van der Waals surface area contributed by atoms with Crippen molar-refractivity contribution in [3.63, 3.8) is 0 Å². The average molecular weight is 173 g/mol. The first-order valence-electron chi connectivity index (χ1n) is 4.80. The van der Waals surface area contributed by atoms with E-state index >= 15 is 0 Å². The van der Waals surface area contributed by atoms with Crippen molar-refractivity contribution in [2.45, 2.75) is 39.5 Å². The van der Waals surface area contributed by atoms with Gasteiger partial charge in [-0.05, 0) is 26.9 Å². The minimum atomic E-state index is 0.324. The van der Waals surface area contributed by atoms with Gasteiger partial charge in [0.2, 0.25) is 0 Å². The van der Waals surface area contributed by atoms with Crippen LogP contribution in [-0.2, 0) is 4.79 Å². The molecule has 0 aliphatic rings. The lowest BCUT2D eigenvalue weighted by atomic mass is 10.0. The van der Waals surface area contributed by atoms with Crippen molar-refractivity contribution in [1.29, 1.82) is 0 Å². The second-order valence-electron chi connectivity index (χ2n) is 2.95. The topological polar surface area (TPSA) is 29.1 Å². The molecule has 0 saturated heterocycles. The number of hydrogen-bond donors (Lipinski definition) is 1. The molecular weight excluding hydrogens is 150 g/mol. The number of unbranched alkanes of at least 4 members (excludes halogenated alkanes) is 1. The van der Waals surface area contributed by atoms with Crippen molar-refractivity contribution in [2.75, 3.05) is 14.1 Å². The van der Waals surface area contributed by atoms with Crippen LogP contribution in [0.5, 0.6) is 0 Å². The molecule has 0 aliphatic heterocycles. The van der Waals surface area contributed by atoms with Crippen molar-refractivity contribution >= 4 is 6.29 Å². The van der Waals surface area contributed by atoms with Crippen LogP contribution in [0.4, 0.5) is 0 Å². The first-order chi connectivity index (χ1) is 5.76. The zero-order valence-electron chi connectivity index (χ0n) is 8.89. The van der Waals surface area contributed by atoms with E-state index in [1.807, 2.05) is 14.1 Å². The molecule has 1 unspecified atom stereocenters. The van der Waals surface area contributed by atoms with Crippen LogP contribution in [0.2, 0.25) is 0 Å². The van der Waals surface area contributed by atoms with E-state index in [4.69, 9.17) is 0 Å². The van der Waals surface area contributed by atoms with Gasteiger partial charge in [0.05, 0.1) is 0 Å². The van der Waals surface area contributed by atoms with E-state index in [1.54, 1.807) is 0 Å². The number of carbonyl (C=O) groups excluding carboxylic acids is 1. The largest absolute Gasteiger partial charge is 0.323 e. The van der Waals surface area contributed by atoms with Gasteiger partial charge >= 0.3 is 0 Å². The van der Waals surface area contributed by atoms with E-state index in [2.05, 4.69) is 19.2 Å². The van der Waals surface area contributed by atoms with Crippen molar-refractivity contribution in [3.05, 3.63) is 0 Å². The molecule has 74 valence electrons. The monoisotopic (exact) mass is 173 g/mol. The fourth-order valence-electron chi connectivity index (χ4n) is 0.835. The number of carbonyl (C=O) groups is 1. The van der Waals surface area contributed by atoms with Crippen LogP contribution in [0.15, 0.2) is 0 Å². The second-order valence-corrected chi connectivity index (χ2v) is 2.95. The Bertz CT molecular complexity index is 83.9. The predicted octanol–water partition coefficient (Wildman–Crippen LogP) is 2.24. The molecule has 0 aliphatic carbocycles. The van der Waals surface area contributed by atoms with Gasteiger partial charge in [-0.1, -0.05) is 26.7 Å². The molecule has 2 nitrogen and oxygen atoms in total. The van der Waals surface area contributed by atoms with Crippen LogP contribution in [0.25, 0.3) is 0 Å². The lowest BCUT2D eigenvalue weighted by Crippen LogP contribution is -1.98. The first kappa shape index (κ1) is 14.2. The van der Waals surface area contributed by atoms with Crippen LogP contribution in [-0.4, -0.2) is 20.4 Å². The average Bonchev–Trinajstić information content (AvgIpc) is 2.08. The third-order valence-electron chi connectivity index (χ3n) is 1.65. The lowest BCUT2D eigenvalue weighted by molar-refractivity contribution is -0.111. The summed E-state index contributed by atoms with van der Waals surface area (Å²) >= 11 is 0. The van der Waals surface area contributed by atoms with Gasteiger partial charge in [0.25, 0.3) is 0 Å². The SMILES string of the molecule is CCCCC(C=O)CC.CNC. The summed E-state index contributed by atoms with van der Waals surface area (Å²) in [5, 5.41) is 2.75. The molecule has 0 bridgehead atoms. The molecule has 0 rings (SSSR count). The first-order valence-corrected chi connectivity index (χ1v) is 4.80. The van der Waals surface area contributed by atoms with Gasteiger partial charge in [-0.25, -0.2) is 0 Å². The van der Waals surface area contributed by atoms with E-state index in [0.717, 1.165) is 19.1 Å². The van der Waals surface area contributed by atoms with Crippen LogP contribution < -0.4 is 5.32 Å². The molecule has 0 heterocycles. The summed E-state index contributed by atoms with van der Waals surface area (Å²) in [6.45, 7) is 4.21.